The summed E-state index contributed by atoms with van der Waals surface area (Å²) >= 11 is 9.06. The van der Waals surface area contributed by atoms with Crippen LogP contribution in [-0.2, 0) is 0 Å². The lowest BCUT2D eigenvalue weighted by Gasteiger charge is -2.05. The molecule has 3 nitrogen and oxygen atoms in total. The molecule has 6 heteroatoms. The summed E-state index contributed by atoms with van der Waals surface area (Å²) in [4.78, 5) is 17.5. The number of thiophene rings is 1. The molecule has 3 aromatic rings. The molecular weight excluding hydrogens is 324 g/mol. The van der Waals surface area contributed by atoms with Crippen molar-refractivity contribution in [3.05, 3.63) is 56.7 Å². The Morgan fingerprint density at radius 1 is 1.29 bits per heavy atom. The SMILES string of the molecule is Cc1nc(-c2ccsc2)sc1C(=O)Nc1ccccc1Cl. The second-order valence-electron chi connectivity index (χ2n) is 4.38. The Hall–Kier alpha value is -1.69. The monoisotopic (exact) mass is 334 g/mol. The quantitative estimate of drug-likeness (QED) is 0.725. The molecule has 1 aromatic carbocycles. The Morgan fingerprint density at radius 3 is 2.81 bits per heavy atom. The van der Waals surface area contributed by atoms with Crippen molar-refractivity contribution in [2.75, 3.05) is 5.32 Å². The summed E-state index contributed by atoms with van der Waals surface area (Å²) in [6, 6.07) is 9.17. The van der Waals surface area contributed by atoms with E-state index < -0.39 is 0 Å². The van der Waals surface area contributed by atoms with Crippen LogP contribution in [0.1, 0.15) is 15.4 Å². The Kier molecular flexibility index (Phi) is 4.05. The molecule has 0 fully saturated rings. The second kappa shape index (κ2) is 5.97. The van der Waals surface area contributed by atoms with Crippen LogP contribution in [0.4, 0.5) is 5.69 Å². The average Bonchev–Trinajstić information content (AvgIpc) is 3.10. The molecule has 0 saturated carbocycles. The topological polar surface area (TPSA) is 42.0 Å². The fourth-order valence-corrected chi connectivity index (χ4v) is 3.71. The van der Waals surface area contributed by atoms with E-state index in [0.29, 0.717) is 15.6 Å². The summed E-state index contributed by atoms with van der Waals surface area (Å²) in [5.41, 5.74) is 2.38. The summed E-state index contributed by atoms with van der Waals surface area (Å²) in [6.07, 6.45) is 0. The third-order valence-electron chi connectivity index (χ3n) is 2.89. The number of para-hydroxylation sites is 1. The van der Waals surface area contributed by atoms with Gasteiger partial charge in [0.05, 0.1) is 16.4 Å². The number of hydrogen-bond donors (Lipinski definition) is 1. The van der Waals surface area contributed by atoms with Crippen molar-refractivity contribution in [2.24, 2.45) is 0 Å². The Balaban J connectivity index is 1.87. The predicted octanol–water partition coefficient (Wildman–Crippen LogP) is 5.09. The number of nitrogens with zero attached hydrogens (tertiary/aromatic N) is 1. The van der Waals surface area contributed by atoms with E-state index in [1.807, 2.05) is 35.9 Å². The highest BCUT2D eigenvalue weighted by Gasteiger charge is 2.17. The van der Waals surface area contributed by atoms with Gasteiger partial charge in [-0.25, -0.2) is 4.98 Å². The van der Waals surface area contributed by atoms with E-state index in [1.54, 1.807) is 23.5 Å². The molecule has 1 N–H and O–H groups in total. The van der Waals surface area contributed by atoms with Crippen LogP contribution in [0.3, 0.4) is 0 Å². The molecule has 0 saturated heterocycles. The fraction of sp³-hybridized carbons (Fsp3) is 0.0667. The summed E-state index contributed by atoms with van der Waals surface area (Å²) in [5, 5.41) is 8.22. The van der Waals surface area contributed by atoms with Crippen LogP contribution in [0.25, 0.3) is 10.6 Å². The number of thiazole rings is 1. The molecule has 0 bridgehead atoms. The highest BCUT2D eigenvalue weighted by molar-refractivity contribution is 7.17. The van der Waals surface area contributed by atoms with E-state index in [2.05, 4.69) is 10.3 Å². The minimum atomic E-state index is -0.181. The molecule has 0 spiro atoms. The summed E-state index contributed by atoms with van der Waals surface area (Å²) in [6.45, 7) is 1.84. The van der Waals surface area contributed by atoms with E-state index >= 15 is 0 Å². The molecule has 0 atom stereocenters. The first-order chi connectivity index (χ1) is 10.1. The lowest BCUT2D eigenvalue weighted by molar-refractivity contribution is 0.103. The number of anilines is 1. The molecule has 0 aliphatic rings. The molecule has 106 valence electrons. The first kappa shape index (κ1) is 14.3. The molecule has 1 amide bonds. The number of carbonyl (C=O) groups excluding carboxylic acids is 1. The number of carbonyl (C=O) groups is 1. The van der Waals surface area contributed by atoms with E-state index in [9.17, 15) is 4.79 Å². The van der Waals surface area contributed by atoms with Gasteiger partial charge in [0.1, 0.15) is 9.88 Å². The second-order valence-corrected chi connectivity index (χ2v) is 6.57. The number of halogens is 1. The lowest BCUT2D eigenvalue weighted by Crippen LogP contribution is -2.11. The minimum Gasteiger partial charge on any atom is -0.320 e. The van der Waals surface area contributed by atoms with Crippen LogP contribution in [0.2, 0.25) is 5.02 Å². The molecule has 3 rings (SSSR count). The van der Waals surface area contributed by atoms with Crippen molar-refractivity contribution >= 4 is 45.9 Å². The average molecular weight is 335 g/mol. The largest absolute Gasteiger partial charge is 0.320 e. The van der Waals surface area contributed by atoms with Gasteiger partial charge in [0.25, 0.3) is 5.91 Å². The smallest absolute Gasteiger partial charge is 0.267 e. The summed E-state index contributed by atoms with van der Waals surface area (Å²) < 4.78 is 0. The minimum absolute atomic E-state index is 0.181. The fourth-order valence-electron chi connectivity index (χ4n) is 1.86. The van der Waals surface area contributed by atoms with Crippen molar-refractivity contribution in [1.82, 2.24) is 4.98 Å². The van der Waals surface area contributed by atoms with Gasteiger partial charge in [0.15, 0.2) is 0 Å². The van der Waals surface area contributed by atoms with Crippen molar-refractivity contribution in [3.63, 3.8) is 0 Å². The zero-order chi connectivity index (χ0) is 14.8. The van der Waals surface area contributed by atoms with Crippen molar-refractivity contribution in [2.45, 2.75) is 6.92 Å². The zero-order valence-electron chi connectivity index (χ0n) is 11.1. The van der Waals surface area contributed by atoms with Crippen LogP contribution in [0.5, 0.6) is 0 Å². The maximum absolute atomic E-state index is 12.4. The molecular formula is C15H11ClN2OS2. The highest BCUT2D eigenvalue weighted by atomic mass is 35.5. The van der Waals surface area contributed by atoms with E-state index in [1.165, 1.54) is 11.3 Å². The summed E-state index contributed by atoms with van der Waals surface area (Å²) in [7, 11) is 0. The van der Waals surface area contributed by atoms with Gasteiger partial charge >= 0.3 is 0 Å². The van der Waals surface area contributed by atoms with Gasteiger partial charge in [0, 0.05) is 10.9 Å². The van der Waals surface area contributed by atoms with Gasteiger partial charge in [-0.05, 0) is 30.5 Å². The van der Waals surface area contributed by atoms with Crippen LogP contribution in [0.15, 0.2) is 41.1 Å². The molecule has 0 aliphatic carbocycles. The highest BCUT2D eigenvalue weighted by Crippen LogP contribution is 2.30. The molecule has 0 aliphatic heterocycles. The first-order valence-corrected chi connectivity index (χ1v) is 8.35. The zero-order valence-corrected chi connectivity index (χ0v) is 13.5. The van der Waals surface area contributed by atoms with Crippen LogP contribution in [0, 0.1) is 6.92 Å². The Bertz CT molecular complexity index is 781. The number of benzene rings is 1. The number of aromatic nitrogens is 1. The Labute approximate surface area is 135 Å². The number of hydrogen-bond acceptors (Lipinski definition) is 4. The van der Waals surface area contributed by atoms with Crippen LogP contribution < -0.4 is 5.32 Å². The van der Waals surface area contributed by atoms with E-state index in [4.69, 9.17) is 11.6 Å². The van der Waals surface area contributed by atoms with Gasteiger partial charge in [-0.2, -0.15) is 11.3 Å². The van der Waals surface area contributed by atoms with Gasteiger partial charge in [-0.3, -0.25) is 4.79 Å². The maximum atomic E-state index is 12.4. The van der Waals surface area contributed by atoms with Crippen LogP contribution in [-0.4, -0.2) is 10.9 Å². The molecule has 21 heavy (non-hydrogen) atoms. The normalized spacial score (nSPS) is 10.6. The van der Waals surface area contributed by atoms with E-state index in [0.717, 1.165) is 16.3 Å². The third kappa shape index (κ3) is 3.00. The van der Waals surface area contributed by atoms with E-state index in [-0.39, 0.29) is 5.91 Å². The molecule has 2 aromatic heterocycles. The van der Waals surface area contributed by atoms with Gasteiger partial charge in [-0.15, -0.1) is 11.3 Å². The predicted molar refractivity (Wildman–Crippen MR) is 89.6 cm³/mol. The number of nitrogens with one attached hydrogen (secondary N) is 1. The Morgan fingerprint density at radius 2 is 2.10 bits per heavy atom. The third-order valence-corrected chi connectivity index (χ3v) is 5.11. The van der Waals surface area contributed by atoms with Gasteiger partial charge in [0.2, 0.25) is 0 Å². The standard InChI is InChI=1S/C15H11ClN2OS2/c1-9-13(21-15(17-9)10-6-7-20-8-10)14(19)18-12-5-3-2-4-11(12)16/h2-8H,1H3,(H,18,19). The van der Waals surface area contributed by atoms with Gasteiger partial charge < -0.3 is 5.32 Å². The number of rotatable bonds is 3. The van der Waals surface area contributed by atoms with Crippen molar-refractivity contribution in [3.8, 4) is 10.6 Å². The maximum Gasteiger partial charge on any atom is 0.267 e. The van der Waals surface area contributed by atoms with Crippen molar-refractivity contribution in [1.29, 1.82) is 0 Å². The molecule has 0 radical (unpaired) electrons. The number of amides is 1. The molecule has 2 heterocycles. The van der Waals surface area contributed by atoms with Gasteiger partial charge in [-0.1, -0.05) is 23.7 Å². The molecule has 0 unspecified atom stereocenters. The van der Waals surface area contributed by atoms with Crippen molar-refractivity contribution < 1.29 is 4.79 Å². The van der Waals surface area contributed by atoms with Crippen LogP contribution >= 0.6 is 34.3 Å². The summed E-state index contributed by atoms with van der Waals surface area (Å²) in [5.74, 6) is -0.181. The lowest BCUT2D eigenvalue weighted by atomic mass is 10.3. The number of aryl methyl sites for hydroxylation is 1. The first-order valence-electron chi connectivity index (χ1n) is 6.21.